The Labute approximate surface area is 103 Å². The lowest BCUT2D eigenvalue weighted by molar-refractivity contribution is 0.110. The molecule has 0 unspecified atom stereocenters. The van der Waals surface area contributed by atoms with Crippen molar-refractivity contribution < 1.29 is 4.74 Å². The Bertz CT molecular complexity index is 383. The van der Waals surface area contributed by atoms with Gasteiger partial charge in [0.05, 0.1) is 13.2 Å². The molecule has 1 fully saturated rings. The molecular formula is C15H21NO. The van der Waals surface area contributed by atoms with Crippen molar-refractivity contribution in [3.8, 4) is 0 Å². The van der Waals surface area contributed by atoms with E-state index in [0.29, 0.717) is 0 Å². The standard InChI is InChI=1S/C15H21NO/c1-2-13(10-12-4-7-16-8-5-12)15-6-9-17-11-14(15)3-1/h1-3,12,16H,4-11H2. The molecule has 0 aliphatic carbocycles. The van der Waals surface area contributed by atoms with Crippen molar-refractivity contribution >= 4 is 0 Å². The molecule has 1 aromatic carbocycles. The lowest BCUT2D eigenvalue weighted by Gasteiger charge is -2.25. The molecule has 2 nitrogen and oxygen atoms in total. The second-order valence-corrected chi connectivity index (χ2v) is 5.25. The highest BCUT2D eigenvalue weighted by atomic mass is 16.5. The Kier molecular flexibility index (Phi) is 3.44. The van der Waals surface area contributed by atoms with Gasteiger partial charge in [-0.05, 0) is 61.4 Å². The third-order valence-corrected chi connectivity index (χ3v) is 4.09. The summed E-state index contributed by atoms with van der Waals surface area (Å²) in [5, 5.41) is 3.44. The van der Waals surface area contributed by atoms with Gasteiger partial charge in [0, 0.05) is 0 Å². The number of nitrogens with one attached hydrogen (secondary N) is 1. The van der Waals surface area contributed by atoms with E-state index in [0.717, 1.165) is 25.6 Å². The fourth-order valence-corrected chi connectivity index (χ4v) is 3.09. The second kappa shape index (κ2) is 5.19. The Morgan fingerprint density at radius 3 is 3.00 bits per heavy atom. The molecule has 0 spiro atoms. The molecule has 2 aliphatic rings. The number of fused-ring (bicyclic) bond motifs is 1. The lowest BCUT2D eigenvalue weighted by atomic mass is 9.86. The summed E-state index contributed by atoms with van der Waals surface area (Å²) in [5.74, 6) is 0.880. The largest absolute Gasteiger partial charge is 0.376 e. The summed E-state index contributed by atoms with van der Waals surface area (Å²) in [7, 11) is 0. The zero-order valence-electron chi connectivity index (χ0n) is 10.4. The Hall–Kier alpha value is -0.860. The normalized spacial score (nSPS) is 21.2. The van der Waals surface area contributed by atoms with Crippen LogP contribution in [0.1, 0.15) is 29.5 Å². The van der Waals surface area contributed by atoms with Gasteiger partial charge in [-0.15, -0.1) is 0 Å². The number of hydrogen-bond donors (Lipinski definition) is 1. The van der Waals surface area contributed by atoms with E-state index in [4.69, 9.17) is 4.74 Å². The Morgan fingerprint density at radius 1 is 1.24 bits per heavy atom. The van der Waals surface area contributed by atoms with Crippen LogP contribution in [0.15, 0.2) is 18.2 Å². The van der Waals surface area contributed by atoms with Crippen LogP contribution in [-0.4, -0.2) is 19.7 Å². The average Bonchev–Trinajstić information content (AvgIpc) is 2.40. The van der Waals surface area contributed by atoms with Gasteiger partial charge in [-0.3, -0.25) is 0 Å². The molecule has 2 aliphatic heterocycles. The minimum atomic E-state index is 0.815. The SMILES string of the molecule is c1cc2c(c(CC3CCNCC3)c1)CCOC2. The second-order valence-electron chi connectivity index (χ2n) is 5.25. The zero-order valence-corrected chi connectivity index (χ0v) is 10.4. The maximum atomic E-state index is 5.53. The van der Waals surface area contributed by atoms with Crippen LogP contribution in [0.25, 0.3) is 0 Å². The minimum absolute atomic E-state index is 0.815. The van der Waals surface area contributed by atoms with Crippen LogP contribution in [0, 0.1) is 5.92 Å². The third-order valence-electron chi connectivity index (χ3n) is 4.09. The van der Waals surface area contributed by atoms with Gasteiger partial charge in [0.25, 0.3) is 0 Å². The van der Waals surface area contributed by atoms with E-state index in [9.17, 15) is 0 Å². The maximum Gasteiger partial charge on any atom is 0.0719 e. The molecule has 1 N–H and O–H groups in total. The number of rotatable bonds is 2. The summed E-state index contributed by atoms with van der Waals surface area (Å²) in [6, 6.07) is 6.75. The maximum absolute atomic E-state index is 5.53. The lowest BCUT2D eigenvalue weighted by Crippen LogP contribution is -2.29. The fourth-order valence-electron chi connectivity index (χ4n) is 3.09. The van der Waals surface area contributed by atoms with Crippen LogP contribution < -0.4 is 5.32 Å². The minimum Gasteiger partial charge on any atom is -0.376 e. The quantitative estimate of drug-likeness (QED) is 0.843. The van der Waals surface area contributed by atoms with Gasteiger partial charge < -0.3 is 10.1 Å². The molecule has 17 heavy (non-hydrogen) atoms. The van der Waals surface area contributed by atoms with Gasteiger partial charge in [0.2, 0.25) is 0 Å². The van der Waals surface area contributed by atoms with Crippen molar-refractivity contribution in [2.75, 3.05) is 19.7 Å². The number of piperidine rings is 1. The number of benzene rings is 1. The van der Waals surface area contributed by atoms with Crippen LogP contribution in [0.5, 0.6) is 0 Å². The summed E-state index contributed by atoms with van der Waals surface area (Å²) in [4.78, 5) is 0. The molecule has 1 saturated heterocycles. The van der Waals surface area contributed by atoms with Crippen LogP contribution in [-0.2, 0) is 24.2 Å². The van der Waals surface area contributed by atoms with Gasteiger partial charge in [-0.1, -0.05) is 18.2 Å². The van der Waals surface area contributed by atoms with Crippen molar-refractivity contribution in [2.24, 2.45) is 5.92 Å². The molecule has 92 valence electrons. The highest BCUT2D eigenvalue weighted by molar-refractivity contribution is 5.36. The zero-order chi connectivity index (χ0) is 11.5. The summed E-state index contributed by atoms with van der Waals surface area (Å²) in [6.45, 7) is 4.11. The van der Waals surface area contributed by atoms with Gasteiger partial charge in [0.1, 0.15) is 0 Å². The van der Waals surface area contributed by atoms with Crippen LogP contribution in [0.4, 0.5) is 0 Å². The number of ether oxygens (including phenoxy) is 1. The van der Waals surface area contributed by atoms with Crippen molar-refractivity contribution in [2.45, 2.75) is 32.3 Å². The molecule has 3 rings (SSSR count). The first-order valence-electron chi connectivity index (χ1n) is 6.81. The van der Waals surface area contributed by atoms with Gasteiger partial charge in [-0.25, -0.2) is 0 Å². The monoisotopic (exact) mass is 231 g/mol. The highest BCUT2D eigenvalue weighted by Crippen LogP contribution is 2.25. The first-order chi connectivity index (χ1) is 8.43. The summed E-state index contributed by atoms with van der Waals surface area (Å²) < 4.78 is 5.53. The molecule has 0 atom stereocenters. The number of hydrogen-bond acceptors (Lipinski definition) is 2. The highest BCUT2D eigenvalue weighted by Gasteiger charge is 2.18. The first-order valence-corrected chi connectivity index (χ1v) is 6.81. The molecule has 0 amide bonds. The first kappa shape index (κ1) is 11.2. The predicted octanol–water partition coefficient (Wildman–Crippen LogP) is 2.30. The Morgan fingerprint density at radius 2 is 2.12 bits per heavy atom. The fraction of sp³-hybridized carbons (Fsp3) is 0.600. The van der Waals surface area contributed by atoms with Crippen LogP contribution in [0.3, 0.4) is 0 Å². The van der Waals surface area contributed by atoms with E-state index in [-0.39, 0.29) is 0 Å². The van der Waals surface area contributed by atoms with Crippen molar-refractivity contribution in [1.82, 2.24) is 5.32 Å². The Balaban J connectivity index is 1.77. The van der Waals surface area contributed by atoms with E-state index in [1.54, 1.807) is 11.1 Å². The summed E-state index contributed by atoms with van der Waals surface area (Å²) >= 11 is 0. The van der Waals surface area contributed by atoms with E-state index in [1.165, 1.54) is 37.9 Å². The van der Waals surface area contributed by atoms with Gasteiger partial charge in [0.15, 0.2) is 0 Å². The van der Waals surface area contributed by atoms with E-state index in [1.807, 2.05) is 0 Å². The van der Waals surface area contributed by atoms with E-state index in [2.05, 4.69) is 23.5 Å². The van der Waals surface area contributed by atoms with E-state index >= 15 is 0 Å². The molecule has 0 aromatic heterocycles. The molecule has 2 heteroatoms. The molecule has 1 aromatic rings. The van der Waals surface area contributed by atoms with Gasteiger partial charge in [-0.2, -0.15) is 0 Å². The molecule has 0 saturated carbocycles. The summed E-state index contributed by atoms with van der Waals surface area (Å²) in [5.41, 5.74) is 4.58. The van der Waals surface area contributed by atoms with Gasteiger partial charge >= 0.3 is 0 Å². The molecule has 2 heterocycles. The van der Waals surface area contributed by atoms with Crippen LogP contribution >= 0.6 is 0 Å². The smallest absolute Gasteiger partial charge is 0.0719 e. The summed E-state index contributed by atoms with van der Waals surface area (Å²) in [6.07, 6.45) is 5.04. The van der Waals surface area contributed by atoms with E-state index < -0.39 is 0 Å². The van der Waals surface area contributed by atoms with Crippen molar-refractivity contribution in [3.05, 3.63) is 34.9 Å². The average molecular weight is 231 g/mol. The topological polar surface area (TPSA) is 21.3 Å². The van der Waals surface area contributed by atoms with Crippen LogP contribution in [0.2, 0.25) is 0 Å². The molecular weight excluding hydrogens is 210 g/mol. The third kappa shape index (κ3) is 2.53. The van der Waals surface area contributed by atoms with Crippen molar-refractivity contribution in [1.29, 1.82) is 0 Å². The van der Waals surface area contributed by atoms with Crippen molar-refractivity contribution in [3.63, 3.8) is 0 Å². The predicted molar refractivity (Wildman–Crippen MR) is 69.1 cm³/mol. The molecule has 0 radical (unpaired) electrons. The molecule has 0 bridgehead atoms.